The number of ether oxygens (including phenoxy) is 1. The van der Waals surface area contributed by atoms with Crippen LogP contribution in [0.4, 0.5) is 5.69 Å². The van der Waals surface area contributed by atoms with Crippen LogP contribution in [0.2, 0.25) is 0 Å². The van der Waals surface area contributed by atoms with Gasteiger partial charge in [-0.05, 0) is 49.6 Å². The van der Waals surface area contributed by atoms with Crippen molar-refractivity contribution in [2.24, 2.45) is 5.92 Å². The first-order valence-electron chi connectivity index (χ1n) is 10.5. The summed E-state index contributed by atoms with van der Waals surface area (Å²) in [4.78, 5) is 31.5. The lowest BCUT2D eigenvalue weighted by Crippen LogP contribution is -2.31. The second-order valence-corrected chi connectivity index (χ2v) is 7.59. The number of rotatable bonds is 5. The van der Waals surface area contributed by atoms with Gasteiger partial charge in [0.05, 0.1) is 7.11 Å². The molecule has 0 bridgehead atoms. The molecular weight excluding hydrogens is 380 g/mol. The molecule has 0 saturated carbocycles. The normalized spacial score (nSPS) is 18.7. The van der Waals surface area contributed by atoms with Crippen molar-refractivity contribution in [3.05, 3.63) is 54.4 Å². The first-order valence-corrected chi connectivity index (χ1v) is 10.5. The van der Waals surface area contributed by atoms with Crippen molar-refractivity contribution in [3.8, 4) is 5.75 Å². The lowest BCUT2D eigenvalue weighted by Gasteiger charge is -2.22. The molecule has 2 heterocycles. The summed E-state index contributed by atoms with van der Waals surface area (Å²) < 4.78 is 5.23. The van der Waals surface area contributed by atoms with E-state index in [0.29, 0.717) is 31.7 Å². The fraction of sp³-hybridized carbons (Fsp3) is 0.435. The summed E-state index contributed by atoms with van der Waals surface area (Å²) in [6.45, 7) is 2.80. The maximum absolute atomic E-state index is 12.9. The highest BCUT2D eigenvalue weighted by molar-refractivity contribution is 5.92. The van der Waals surface area contributed by atoms with Gasteiger partial charge in [0.15, 0.2) is 0 Å². The number of nitrogens with zero attached hydrogens (tertiary/aromatic N) is 2. The highest BCUT2D eigenvalue weighted by atomic mass is 16.5. The zero-order valence-corrected chi connectivity index (χ0v) is 17.5. The van der Waals surface area contributed by atoms with Crippen molar-refractivity contribution < 1.29 is 14.3 Å². The first-order chi connectivity index (χ1) is 14.6. The van der Waals surface area contributed by atoms with Gasteiger partial charge in [-0.25, -0.2) is 0 Å². The van der Waals surface area contributed by atoms with Crippen molar-refractivity contribution in [1.29, 1.82) is 0 Å². The molecule has 3 rings (SSSR count). The van der Waals surface area contributed by atoms with Gasteiger partial charge in [-0.3, -0.25) is 19.5 Å². The van der Waals surface area contributed by atoms with Gasteiger partial charge >= 0.3 is 0 Å². The van der Waals surface area contributed by atoms with Crippen LogP contribution >= 0.6 is 0 Å². The Labute approximate surface area is 177 Å². The van der Waals surface area contributed by atoms with Crippen LogP contribution in [0.3, 0.4) is 0 Å². The van der Waals surface area contributed by atoms with Crippen LogP contribution in [0.15, 0.2) is 48.8 Å². The number of pyridine rings is 1. The zero-order chi connectivity index (χ0) is 21.2. The first kappa shape index (κ1) is 21.8. The molecule has 160 valence electrons. The summed E-state index contributed by atoms with van der Waals surface area (Å²) in [5, 5.41) is 5.95. The van der Waals surface area contributed by atoms with Gasteiger partial charge in [-0.2, -0.15) is 0 Å². The van der Waals surface area contributed by atoms with Gasteiger partial charge in [-0.15, -0.1) is 0 Å². The molecule has 1 saturated heterocycles. The Morgan fingerprint density at radius 2 is 2.17 bits per heavy atom. The molecule has 1 aromatic heterocycles. The van der Waals surface area contributed by atoms with E-state index in [9.17, 15) is 9.59 Å². The summed E-state index contributed by atoms with van der Waals surface area (Å²) in [6, 6.07) is 11.3. The smallest absolute Gasteiger partial charge is 0.227 e. The molecule has 0 radical (unpaired) electrons. The van der Waals surface area contributed by atoms with Crippen molar-refractivity contribution in [2.75, 3.05) is 32.1 Å². The lowest BCUT2D eigenvalue weighted by atomic mass is 9.98. The SMILES string of the molecule is COc1cccc(NC(=O)C2CCCN(Cc3cccnc3)CCC(=O)NCC2)c1. The number of hydrogen-bond donors (Lipinski definition) is 2. The Morgan fingerprint density at radius 3 is 2.97 bits per heavy atom. The molecule has 1 aliphatic rings. The highest BCUT2D eigenvalue weighted by Gasteiger charge is 2.21. The molecule has 7 nitrogen and oxygen atoms in total. The summed E-state index contributed by atoms with van der Waals surface area (Å²) >= 11 is 0. The number of anilines is 1. The lowest BCUT2D eigenvalue weighted by molar-refractivity contribution is -0.122. The molecule has 7 heteroatoms. The number of aromatic nitrogens is 1. The van der Waals surface area contributed by atoms with Gasteiger partial charge in [0.25, 0.3) is 0 Å². The Morgan fingerprint density at radius 1 is 1.27 bits per heavy atom. The van der Waals surface area contributed by atoms with Gasteiger partial charge in [0.1, 0.15) is 5.75 Å². The highest BCUT2D eigenvalue weighted by Crippen LogP contribution is 2.20. The maximum atomic E-state index is 12.9. The van der Waals surface area contributed by atoms with E-state index in [1.165, 1.54) is 0 Å². The van der Waals surface area contributed by atoms with Crippen molar-refractivity contribution in [2.45, 2.75) is 32.2 Å². The topological polar surface area (TPSA) is 83.6 Å². The van der Waals surface area contributed by atoms with Gasteiger partial charge < -0.3 is 15.4 Å². The second kappa shape index (κ2) is 11.3. The average molecular weight is 411 g/mol. The Bertz CT molecular complexity index is 828. The van der Waals surface area contributed by atoms with Crippen LogP contribution in [-0.4, -0.2) is 48.4 Å². The van der Waals surface area contributed by atoms with Gasteiger partial charge in [-0.1, -0.05) is 12.1 Å². The number of carbonyl (C=O) groups excluding carboxylic acids is 2. The summed E-state index contributed by atoms with van der Waals surface area (Å²) in [7, 11) is 1.60. The molecule has 0 aliphatic carbocycles. The van der Waals surface area contributed by atoms with E-state index in [1.807, 2.05) is 36.5 Å². The quantitative estimate of drug-likeness (QED) is 0.792. The standard InChI is InChI=1S/C23H30N4O3/c1-30-21-8-2-7-20(15-21)26-23(29)19-6-4-13-27(14-10-22(28)25-12-9-19)17-18-5-3-11-24-16-18/h2-3,5,7-8,11,15-16,19H,4,6,9-10,12-14,17H2,1H3,(H,25,28)(H,26,29). The molecule has 1 aromatic carbocycles. The van der Waals surface area contributed by atoms with Gasteiger partial charge in [0.2, 0.25) is 11.8 Å². The summed E-state index contributed by atoms with van der Waals surface area (Å²) in [6.07, 6.45) is 6.37. The van der Waals surface area contributed by atoms with Crippen LogP contribution in [-0.2, 0) is 16.1 Å². The number of methoxy groups -OCH3 is 1. The van der Waals surface area contributed by atoms with E-state index in [0.717, 1.165) is 37.2 Å². The molecule has 2 aromatic rings. The van der Waals surface area contributed by atoms with E-state index in [4.69, 9.17) is 4.74 Å². The number of amides is 2. The Balaban J connectivity index is 1.61. The zero-order valence-electron chi connectivity index (χ0n) is 17.5. The monoisotopic (exact) mass is 410 g/mol. The van der Waals surface area contributed by atoms with Crippen molar-refractivity contribution in [3.63, 3.8) is 0 Å². The number of benzene rings is 1. The fourth-order valence-electron chi connectivity index (χ4n) is 3.67. The number of hydrogen-bond acceptors (Lipinski definition) is 5. The fourth-order valence-corrected chi connectivity index (χ4v) is 3.67. The maximum Gasteiger partial charge on any atom is 0.227 e. The van der Waals surface area contributed by atoms with Crippen LogP contribution in [0.25, 0.3) is 0 Å². The van der Waals surface area contributed by atoms with E-state index < -0.39 is 0 Å². The molecule has 2 N–H and O–H groups in total. The molecule has 1 aliphatic heterocycles. The minimum atomic E-state index is -0.158. The number of carbonyl (C=O) groups is 2. The predicted octanol–water partition coefficient (Wildman–Crippen LogP) is 2.84. The molecule has 0 spiro atoms. The van der Waals surface area contributed by atoms with Crippen LogP contribution in [0.5, 0.6) is 5.75 Å². The second-order valence-electron chi connectivity index (χ2n) is 7.59. The van der Waals surface area contributed by atoms with E-state index in [-0.39, 0.29) is 17.7 Å². The molecule has 2 amide bonds. The van der Waals surface area contributed by atoms with Gasteiger partial charge in [0, 0.05) is 56.1 Å². The Hall–Kier alpha value is -2.93. The van der Waals surface area contributed by atoms with E-state index in [2.05, 4.69) is 20.5 Å². The largest absolute Gasteiger partial charge is 0.497 e. The molecule has 1 atom stereocenters. The van der Waals surface area contributed by atoms with Crippen molar-refractivity contribution >= 4 is 17.5 Å². The minimum Gasteiger partial charge on any atom is -0.497 e. The van der Waals surface area contributed by atoms with Crippen LogP contribution in [0.1, 0.15) is 31.2 Å². The third-order valence-electron chi connectivity index (χ3n) is 5.33. The summed E-state index contributed by atoms with van der Waals surface area (Å²) in [5.74, 6) is 0.555. The molecular formula is C23H30N4O3. The third kappa shape index (κ3) is 6.84. The number of nitrogens with one attached hydrogen (secondary N) is 2. The van der Waals surface area contributed by atoms with Crippen LogP contribution in [0, 0.1) is 5.92 Å². The van der Waals surface area contributed by atoms with E-state index in [1.54, 1.807) is 19.4 Å². The molecule has 1 fully saturated rings. The molecule has 1 unspecified atom stereocenters. The van der Waals surface area contributed by atoms with Crippen LogP contribution < -0.4 is 15.4 Å². The average Bonchev–Trinajstić information content (AvgIpc) is 2.80. The summed E-state index contributed by atoms with van der Waals surface area (Å²) in [5.41, 5.74) is 1.84. The molecule has 30 heavy (non-hydrogen) atoms. The predicted molar refractivity (Wildman–Crippen MR) is 116 cm³/mol. The minimum absolute atomic E-state index is 0.0180. The Kier molecular flexibility index (Phi) is 8.20. The third-order valence-corrected chi connectivity index (χ3v) is 5.33. The van der Waals surface area contributed by atoms with Crippen molar-refractivity contribution in [1.82, 2.24) is 15.2 Å². The van der Waals surface area contributed by atoms with E-state index >= 15 is 0 Å².